The zero-order chi connectivity index (χ0) is 22.6. The number of amides is 2. The van der Waals surface area contributed by atoms with Crippen molar-refractivity contribution < 1.29 is 14.3 Å². The lowest BCUT2D eigenvalue weighted by Gasteiger charge is -2.23. The number of carbonyl (C=O) groups is 2. The van der Waals surface area contributed by atoms with Gasteiger partial charge in [-0.25, -0.2) is 0 Å². The highest BCUT2D eigenvalue weighted by atomic mass is 35.5. The fourth-order valence-corrected chi connectivity index (χ4v) is 5.81. The minimum Gasteiger partial charge on any atom is -0.361 e. The van der Waals surface area contributed by atoms with Gasteiger partial charge >= 0.3 is 0 Å². The first-order chi connectivity index (χ1) is 16.1. The van der Waals surface area contributed by atoms with Crippen molar-refractivity contribution >= 4 is 34.3 Å². The second-order valence-electron chi connectivity index (χ2n) is 9.08. The van der Waals surface area contributed by atoms with Gasteiger partial charge in [0.1, 0.15) is 5.60 Å². The van der Waals surface area contributed by atoms with Crippen molar-refractivity contribution in [1.82, 2.24) is 15.2 Å². The lowest BCUT2D eigenvalue weighted by molar-refractivity contribution is -0.137. The first-order valence-electron chi connectivity index (χ1n) is 11.3. The van der Waals surface area contributed by atoms with E-state index in [1.807, 2.05) is 59.6 Å². The van der Waals surface area contributed by atoms with Gasteiger partial charge in [0.25, 0.3) is 0 Å². The van der Waals surface area contributed by atoms with E-state index in [4.69, 9.17) is 16.3 Å². The summed E-state index contributed by atoms with van der Waals surface area (Å²) in [6.45, 7) is 1.40. The summed E-state index contributed by atoms with van der Waals surface area (Å²) < 4.78 is 6.23. The van der Waals surface area contributed by atoms with Gasteiger partial charge in [0.05, 0.1) is 24.5 Å². The van der Waals surface area contributed by atoms with Gasteiger partial charge in [0.2, 0.25) is 11.8 Å². The van der Waals surface area contributed by atoms with E-state index in [2.05, 4.69) is 16.4 Å². The van der Waals surface area contributed by atoms with E-state index in [1.54, 1.807) is 6.07 Å². The molecule has 3 aliphatic heterocycles. The van der Waals surface area contributed by atoms with Crippen LogP contribution in [-0.4, -0.2) is 46.5 Å². The van der Waals surface area contributed by atoms with Crippen LogP contribution in [0.3, 0.4) is 0 Å². The third-order valence-electron chi connectivity index (χ3n) is 7.22. The van der Waals surface area contributed by atoms with Crippen LogP contribution < -0.4 is 5.32 Å². The predicted octanol–water partition coefficient (Wildman–Crippen LogP) is 3.46. The molecule has 1 spiro atoms. The molecule has 7 heteroatoms. The van der Waals surface area contributed by atoms with Gasteiger partial charge in [-0.05, 0) is 29.7 Å². The molecular formula is C26H24ClN3O3. The maximum Gasteiger partial charge on any atom is 0.230 e. The Bertz CT molecular complexity index is 1280. The molecule has 2 saturated heterocycles. The lowest BCUT2D eigenvalue weighted by Crippen LogP contribution is -2.44. The minimum atomic E-state index is -0.700. The molecule has 3 aromatic rings. The molecule has 3 aliphatic rings. The standard InChI is InChI=1S/C26H24ClN3O3/c27-19-7-3-1-5-17(19)14-29-24(31)22-21-9-11-26(33-21)15-30(25(32)23(22)26)12-10-16-13-28-20-8-4-2-6-18(16)20/h1-9,11,13,21-23,28H,10,12,14-15H2,(H,29,31)/t21?,22?,23?,26-/m1/s1. The molecule has 1 aromatic heterocycles. The van der Waals surface area contributed by atoms with Crippen LogP contribution >= 0.6 is 11.6 Å². The smallest absolute Gasteiger partial charge is 0.230 e. The summed E-state index contributed by atoms with van der Waals surface area (Å²) in [5, 5.41) is 4.76. The van der Waals surface area contributed by atoms with Gasteiger partial charge in [0.15, 0.2) is 0 Å². The number of rotatable bonds is 6. The largest absolute Gasteiger partial charge is 0.361 e. The van der Waals surface area contributed by atoms with E-state index in [0.717, 1.165) is 17.5 Å². The second kappa shape index (κ2) is 7.75. The molecule has 2 N–H and O–H groups in total. The van der Waals surface area contributed by atoms with Crippen LogP contribution in [0, 0.1) is 11.8 Å². The summed E-state index contributed by atoms with van der Waals surface area (Å²) in [5.41, 5.74) is 2.42. The molecule has 0 radical (unpaired) electrons. The van der Waals surface area contributed by atoms with E-state index in [-0.39, 0.29) is 17.9 Å². The first-order valence-corrected chi connectivity index (χ1v) is 11.7. The molecule has 6 nitrogen and oxygen atoms in total. The number of halogens is 1. The van der Waals surface area contributed by atoms with E-state index < -0.39 is 17.4 Å². The van der Waals surface area contributed by atoms with Crippen LogP contribution in [0.4, 0.5) is 0 Å². The third kappa shape index (κ3) is 3.28. The van der Waals surface area contributed by atoms with Crippen molar-refractivity contribution in [3.63, 3.8) is 0 Å². The van der Waals surface area contributed by atoms with Crippen molar-refractivity contribution in [2.45, 2.75) is 24.7 Å². The van der Waals surface area contributed by atoms with Crippen LogP contribution in [-0.2, 0) is 27.3 Å². The van der Waals surface area contributed by atoms with Gasteiger partial charge in [-0.3, -0.25) is 9.59 Å². The topological polar surface area (TPSA) is 74.4 Å². The molecule has 4 atom stereocenters. The van der Waals surface area contributed by atoms with Crippen LogP contribution in [0.15, 0.2) is 66.9 Å². The van der Waals surface area contributed by atoms with E-state index >= 15 is 0 Å². The molecule has 4 heterocycles. The number of carbonyl (C=O) groups excluding carboxylic acids is 2. The average Bonchev–Trinajstić information content (AvgIpc) is 3.57. The maximum absolute atomic E-state index is 13.4. The number of benzene rings is 2. The third-order valence-corrected chi connectivity index (χ3v) is 7.59. The lowest BCUT2D eigenvalue weighted by atomic mass is 9.77. The number of H-pyrrole nitrogens is 1. The molecule has 2 amide bonds. The molecular weight excluding hydrogens is 438 g/mol. The number of aromatic nitrogens is 1. The van der Waals surface area contributed by atoms with Crippen molar-refractivity contribution in [2.75, 3.05) is 13.1 Å². The quantitative estimate of drug-likeness (QED) is 0.552. The molecule has 6 rings (SSSR count). The Hall–Kier alpha value is -3.09. The number of aromatic amines is 1. The Balaban J connectivity index is 1.17. The van der Waals surface area contributed by atoms with Crippen molar-refractivity contribution in [3.8, 4) is 0 Å². The number of ether oxygens (including phenoxy) is 1. The van der Waals surface area contributed by atoms with Gasteiger partial charge in [-0.2, -0.15) is 0 Å². The Morgan fingerprint density at radius 2 is 2.00 bits per heavy atom. The number of nitrogens with one attached hydrogen (secondary N) is 2. The zero-order valence-electron chi connectivity index (χ0n) is 18.0. The Morgan fingerprint density at radius 3 is 2.88 bits per heavy atom. The predicted molar refractivity (Wildman–Crippen MR) is 126 cm³/mol. The fraction of sp³-hybridized carbons (Fsp3) is 0.308. The highest BCUT2D eigenvalue weighted by molar-refractivity contribution is 6.31. The number of nitrogens with zero attached hydrogens (tertiary/aromatic N) is 1. The summed E-state index contributed by atoms with van der Waals surface area (Å²) >= 11 is 6.22. The van der Waals surface area contributed by atoms with E-state index in [1.165, 1.54) is 10.9 Å². The number of likely N-dealkylation sites (tertiary alicyclic amines) is 1. The molecule has 2 aromatic carbocycles. The first kappa shape index (κ1) is 20.5. The molecule has 0 aliphatic carbocycles. The number of fused-ring (bicyclic) bond motifs is 2. The molecule has 3 unspecified atom stereocenters. The van der Waals surface area contributed by atoms with E-state index in [9.17, 15) is 9.59 Å². The summed E-state index contributed by atoms with van der Waals surface area (Å²) in [7, 11) is 0. The fourth-order valence-electron chi connectivity index (χ4n) is 5.60. The second-order valence-corrected chi connectivity index (χ2v) is 9.49. The SMILES string of the molecule is O=C(NCc1ccccc1Cl)C1C2C=C[C@]3(CN(CCc4c[nH]c5ccccc45)C(=O)C13)O2. The highest BCUT2D eigenvalue weighted by Crippen LogP contribution is 2.51. The van der Waals surface area contributed by atoms with E-state index in [0.29, 0.717) is 24.7 Å². The number of para-hydroxylation sites is 1. The van der Waals surface area contributed by atoms with Gasteiger partial charge in [0, 0.05) is 35.2 Å². The number of hydrogen-bond acceptors (Lipinski definition) is 3. The summed E-state index contributed by atoms with van der Waals surface area (Å²) in [4.78, 5) is 31.7. The zero-order valence-corrected chi connectivity index (χ0v) is 18.7. The Morgan fingerprint density at radius 1 is 1.18 bits per heavy atom. The van der Waals surface area contributed by atoms with Crippen LogP contribution in [0.1, 0.15) is 11.1 Å². The molecule has 2 bridgehead atoms. The summed E-state index contributed by atoms with van der Waals surface area (Å²) in [5.74, 6) is -1.17. The Kier molecular flexibility index (Phi) is 4.82. The number of hydrogen-bond donors (Lipinski definition) is 2. The van der Waals surface area contributed by atoms with Crippen molar-refractivity contribution in [1.29, 1.82) is 0 Å². The van der Waals surface area contributed by atoms with Gasteiger partial charge in [-0.15, -0.1) is 0 Å². The minimum absolute atomic E-state index is 0.000384. The molecule has 168 valence electrons. The molecule has 2 fully saturated rings. The maximum atomic E-state index is 13.4. The van der Waals surface area contributed by atoms with Crippen LogP contribution in [0.5, 0.6) is 0 Å². The average molecular weight is 462 g/mol. The summed E-state index contributed by atoms with van der Waals surface area (Å²) in [6, 6.07) is 15.6. The van der Waals surface area contributed by atoms with Crippen LogP contribution in [0.2, 0.25) is 5.02 Å². The normalized spacial score (nSPS) is 27.5. The van der Waals surface area contributed by atoms with Crippen molar-refractivity contribution in [2.24, 2.45) is 11.8 Å². The highest BCUT2D eigenvalue weighted by Gasteiger charge is 2.66. The summed E-state index contributed by atoms with van der Waals surface area (Å²) in [6.07, 6.45) is 6.32. The monoisotopic (exact) mass is 461 g/mol. The molecule has 0 saturated carbocycles. The van der Waals surface area contributed by atoms with Gasteiger partial charge in [-0.1, -0.05) is 60.2 Å². The van der Waals surface area contributed by atoms with Gasteiger partial charge < -0.3 is 19.9 Å². The van der Waals surface area contributed by atoms with Crippen LogP contribution in [0.25, 0.3) is 10.9 Å². The molecule has 33 heavy (non-hydrogen) atoms. The van der Waals surface area contributed by atoms with Crippen molar-refractivity contribution in [3.05, 3.63) is 83.0 Å². The Labute approximate surface area is 196 Å².